The van der Waals surface area contributed by atoms with Crippen LogP contribution in [-0.4, -0.2) is 31.0 Å². The molecule has 0 bridgehead atoms. The van der Waals surface area contributed by atoms with Crippen molar-refractivity contribution in [2.45, 2.75) is 40.6 Å². The van der Waals surface area contributed by atoms with Crippen LogP contribution in [0.5, 0.6) is 0 Å². The molecule has 3 heterocycles. The number of aryl methyl sites for hydroxylation is 1. The molecule has 3 aromatic carbocycles. The maximum Gasteiger partial charge on any atom is 0.416 e. The van der Waals surface area contributed by atoms with Gasteiger partial charge >= 0.3 is 12.1 Å². The SMILES string of the molecule is Cc1ccc(NC(=O)c2cccc(C(F)(F)F)c2)cc1-c1ccc2ccn(-c3ncnc4c3ccn4COC(=O)C(C)(C)C)c2c1. The highest BCUT2D eigenvalue weighted by molar-refractivity contribution is 6.04. The van der Waals surface area contributed by atoms with Gasteiger partial charge in [-0.3, -0.25) is 14.2 Å². The summed E-state index contributed by atoms with van der Waals surface area (Å²) in [7, 11) is 0. The van der Waals surface area contributed by atoms with Gasteiger partial charge in [-0.25, -0.2) is 9.97 Å². The van der Waals surface area contributed by atoms with Crippen molar-refractivity contribution in [2.24, 2.45) is 5.41 Å². The summed E-state index contributed by atoms with van der Waals surface area (Å²) in [5, 5.41) is 4.47. The van der Waals surface area contributed by atoms with E-state index in [0.717, 1.165) is 45.1 Å². The largest absolute Gasteiger partial charge is 0.443 e. The minimum absolute atomic E-state index is 0.0204. The molecule has 234 valence electrons. The number of halogens is 3. The topological polar surface area (TPSA) is 91.0 Å². The van der Waals surface area contributed by atoms with Crippen LogP contribution >= 0.6 is 0 Å². The molecule has 1 amide bonds. The van der Waals surface area contributed by atoms with Crippen LogP contribution in [0.15, 0.2) is 91.5 Å². The predicted octanol–water partition coefficient (Wildman–Crippen LogP) is 8.17. The first kappa shape index (κ1) is 30.6. The Hall–Kier alpha value is -5.45. The lowest BCUT2D eigenvalue weighted by atomic mass is 9.98. The van der Waals surface area contributed by atoms with E-state index in [1.54, 1.807) is 43.7 Å². The number of rotatable bonds is 6. The quantitative estimate of drug-likeness (QED) is 0.189. The van der Waals surface area contributed by atoms with Crippen molar-refractivity contribution < 1.29 is 27.5 Å². The molecule has 0 aliphatic rings. The molecule has 0 saturated heterocycles. The number of anilines is 1. The number of carbonyl (C=O) groups excluding carboxylic acids is 2. The van der Waals surface area contributed by atoms with Crippen molar-refractivity contribution in [3.05, 3.63) is 108 Å². The first-order chi connectivity index (χ1) is 21.8. The number of ether oxygens (including phenoxy) is 1. The van der Waals surface area contributed by atoms with Gasteiger partial charge in [-0.05, 0) is 92.9 Å². The van der Waals surface area contributed by atoms with Crippen LogP contribution in [0.25, 0.3) is 38.9 Å². The van der Waals surface area contributed by atoms with E-state index in [0.29, 0.717) is 17.2 Å². The van der Waals surface area contributed by atoms with Gasteiger partial charge in [-0.2, -0.15) is 13.2 Å². The van der Waals surface area contributed by atoms with E-state index < -0.39 is 23.1 Å². The number of hydrogen-bond acceptors (Lipinski definition) is 5. The summed E-state index contributed by atoms with van der Waals surface area (Å²) in [6, 6.07) is 19.5. The smallest absolute Gasteiger partial charge is 0.416 e. The molecule has 0 aliphatic carbocycles. The molecular formula is C35H30F3N5O3. The van der Waals surface area contributed by atoms with Gasteiger partial charge in [0.05, 0.1) is 21.9 Å². The average molecular weight is 626 g/mol. The van der Waals surface area contributed by atoms with Crippen LogP contribution in [-0.2, 0) is 22.4 Å². The van der Waals surface area contributed by atoms with Gasteiger partial charge in [-0.15, -0.1) is 0 Å². The Morgan fingerprint density at radius 3 is 2.48 bits per heavy atom. The molecule has 0 radical (unpaired) electrons. The lowest BCUT2D eigenvalue weighted by Gasteiger charge is -2.17. The lowest BCUT2D eigenvalue weighted by Crippen LogP contribution is -2.23. The van der Waals surface area contributed by atoms with Gasteiger partial charge in [0.25, 0.3) is 5.91 Å². The number of esters is 1. The minimum atomic E-state index is -4.55. The van der Waals surface area contributed by atoms with Gasteiger partial charge in [0.2, 0.25) is 0 Å². The standard InChI is InChI=1S/C35H30F3N5O3/c1-21-8-11-26(41-32(44)24-6-5-7-25(16-24)35(36,37)38)18-28(21)23-10-9-22-12-15-43(29(22)17-23)31-27-13-14-42(30(27)39-19-40-31)20-46-33(45)34(2,3)4/h5-19H,20H2,1-4H3,(H,41,44). The van der Waals surface area contributed by atoms with Crippen LogP contribution in [0.1, 0.15) is 42.3 Å². The summed E-state index contributed by atoms with van der Waals surface area (Å²) in [5.74, 6) is -0.308. The third kappa shape index (κ3) is 5.95. The second kappa shape index (κ2) is 11.5. The monoisotopic (exact) mass is 625 g/mol. The lowest BCUT2D eigenvalue weighted by molar-refractivity contribution is -0.156. The summed E-state index contributed by atoms with van der Waals surface area (Å²) in [4.78, 5) is 34.2. The maximum atomic E-state index is 13.2. The molecule has 3 aromatic heterocycles. The van der Waals surface area contributed by atoms with Crippen LogP contribution in [0.2, 0.25) is 0 Å². The summed E-state index contributed by atoms with van der Waals surface area (Å²) < 4.78 is 48.8. The molecular weight excluding hydrogens is 595 g/mol. The molecule has 6 rings (SSSR count). The second-order valence-corrected chi connectivity index (χ2v) is 12.1. The zero-order valence-electron chi connectivity index (χ0n) is 25.5. The Kier molecular flexibility index (Phi) is 7.63. The second-order valence-electron chi connectivity index (χ2n) is 12.1. The number of aromatic nitrogens is 4. The Morgan fingerprint density at radius 2 is 1.72 bits per heavy atom. The van der Waals surface area contributed by atoms with Crippen molar-refractivity contribution in [3.63, 3.8) is 0 Å². The number of nitrogens with zero attached hydrogens (tertiary/aromatic N) is 4. The minimum Gasteiger partial charge on any atom is -0.443 e. The molecule has 0 unspecified atom stereocenters. The van der Waals surface area contributed by atoms with Gasteiger partial charge in [0, 0.05) is 29.0 Å². The summed E-state index contributed by atoms with van der Waals surface area (Å²) >= 11 is 0. The van der Waals surface area contributed by atoms with Crippen molar-refractivity contribution >= 4 is 39.5 Å². The molecule has 46 heavy (non-hydrogen) atoms. The Morgan fingerprint density at radius 1 is 0.913 bits per heavy atom. The molecule has 0 atom stereocenters. The fourth-order valence-corrected chi connectivity index (χ4v) is 5.16. The first-order valence-electron chi connectivity index (χ1n) is 14.5. The van der Waals surface area contributed by atoms with E-state index in [2.05, 4.69) is 15.3 Å². The molecule has 0 saturated carbocycles. The molecule has 6 aromatic rings. The van der Waals surface area contributed by atoms with E-state index in [9.17, 15) is 22.8 Å². The molecule has 8 nitrogen and oxygen atoms in total. The Labute approximate surface area is 262 Å². The number of alkyl halides is 3. The average Bonchev–Trinajstić information content (AvgIpc) is 3.64. The predicted molar refractivity (Wildman–Crippen MR) is 169 cm³/mol. The van der Waals surface area contributed by atoms with Crippen molar-refractivity contribution in [3.8, 4) is 16.9 Å². The molecule has 11 heteroatoms. The number of hydrogen-bond donors (Lipinski definition) is 1. The third-order valence-corrected chi connectivity index (χ3v) is 7.66. The van der Waals surface area contributed by atoms with E-state index in [-0.39, 0.29) is 18.3 Å². The van der Waals surface area contributed by atoms with Gasteiger partial charge in [-0.1, -0.05) is 24.3 Å². The van der Waals surface area contributed by atoms with Crippen LogP contribution in [0, 0.1) is 12.3 Å². The number of fused-ring (bicyclic) bond motifs is 2. The normalized spacial score (nSPS) is 12.1. The van der Waals surface area contributed by atoms with Gasteiger partial charge < -0.3 is 14.6 Å². The fourth-order valence-electron chi connectivity index (χ4n) is 5.16. The van der Waals surface area contributed by atoms with Gasteiger partial charge in [0.1, 0.15) is 17.8 Å². The molecule has 0 spiro atoms. The molecule has 0 fully saturated rings. The van der Waals surface area contributed by atoms with E-state index in [4.69, 9.17) is 4.74 Å². The first-order valence-corrected chi connectivity index (χ1v) is 14.5. The zero-order valence-corrected chi connectivity index (χ0v) is 25.5. The summed E-state index contributed by atoms with van der Waals surface area (Å²) in [6.45, 7) is 7.35. The van der Waals surface area contributed by atoms with Gasteiger partial charge in [0.15, 0.2) is 6.73 Å². The number of benzene rings is 3. The molecule has 0 aliphatic heterocycles. The highest BCUT2D eigenvalue weighted by Gasteiger charge is 2.31. The maximum absolute atomic E-state index is 13.2. The van der Waals surface area contributed by atoms with E-state index in [1.165, 1.54) is 18.5 Å². The fraction of sp³-hybridized carbons (Fsp3) is 0.200. The summed E-state index contributed by atoms with van der Waals surface area (Å²) in [5.41, 5.74) is 3.00. The van der Waals surface area contributed by atoms with Crippen LogP contribution in [0.4, 0.5) is 18.9 Å². The van der Waals surface area contributed by atoms with Crippen molar-refractivity contribution in [1.29, 1.82) is 0 Å². The van der Waals surface area contributed by atoms with E-state index >= 15 is 0 Å². The zero-order chi connectivity index (χ0) is 32.8. The Bertz CT molecular complexity index is 2120. The van der Waals surface area contributed by atoms with Crippen molar-refractivity contribution in [2.75, 3.05) is 5.32 Å². The third-order valence-electron chi connectivity index (χ3n) is 7.66. The van der Waals surface area contributed by atoms with Crippen molar-refractivity contribution in [1.82, 2.24) is 19.1 Å². The van der Waals surface area contributed by atoms with Crippen LogP contribution in [0.3, 0.4) is 0 Å². The molecule has 1 N–H and O–H groups in total. The number of carbonyl (C=O) groups is 2. The highest BCUT2D eigenvalue weighted by atomic mass is 19.4. The number of amides is 1. The Balaban J connectivity index is 1.31. The summed E-state index contributed by atoms with van der Waals surface area (Å²) in [6.07, 6.45) is 0.645. The highest BCUT2D eigenvalue weighted by Crippen LogP contribution is 2.33. The number of nitrogens with one attached hydrogen (secondary N) is 1. The van der Waals surface area contributed by atoms with Crippen LogP contribution < -0.4 is 5.32 Å². The van der Waals surface area contributed by atoms with E-state index in [1.807, 2.05) is 54.1 Å².